The van der Waals surface area contributed by atoms with E-state index in [1.54, 1.807) is 0 Å². The van der Waals surface area contributed by atoms with Gasteiger partial charge in [0, 0.05) is 0 Å². The molecule has 1 aliphatic carbocycles. The molecular formula is C10H22. The van der Waals surface area contributed by atoms with Gasteiger partial charge in [-0.25, -0.2) is 0 Å². The normalized spacial score (nSPS) is 12.8. The van der Waals surface area contributed by atoms with Gasteiger partial charge in [-0.2, -0.15) is 0 Å². The van der Waals surface area contributed by atoms with Crippen LogP contribution in [0.2, 0.25) is 0 Å². The van der Waals surface area contributed by atoms with Gasteiger partial charge in [-0.3, -0.25) is 0 Å². The summed E-state index contributed by atoms with van der Waals surface area (Å²) in [7, 11) is 0. The van der Waals surface area contributed by atoms with Crippen LogP contribution >= 0.6 is 0 Å². The number of rotatable bonds is 0. The van der Waals surface area contributed by atoms with Crippen molar-refractivity contribution in [1.29, 1.82) is 0 Å². The average molecular weight is 142 g/mol. The molecule has 0 aliphatic heterocycles. The first-order chi connectivity index (χ1) is 4.83. The summed E-state index contributed by atoms with van der Waals surface area (Å²) in [5.41, 5.74) is 0. The van der Waals surface area contributed by atoms with Crippen molar-refractivity contribution in [2.24, 2.45) is 0 Å². The third-order valence-corrected chi connectivity index (χ3v) is 0.687. The van der Waals surface area contributed by atoms with Crippen molar-refractivity contribution in [3.63, 3.8) is 0 Å². The molecule has 0 unspecified atom stereocenters. The summed E-state index contributed by atoms with van der Waals surface area (Å²) in [6, 6.07) is 0. The Labute approximate surface area is 66.3 Å². The third-order valence-electron chi connectivity index (χ3n) is 0.687. The molecule has 0 heterocycles. The number of hydrogen-bond donors (Lipinski definition) is 0. The van der Waals surface area contributed by atoms with Gasteiger partial charge in [0.15, 0.2) is 0 Å². The fourth-order valence-corrected chi connectivity index (χ4v) is 0. The summed E-state index contributed by atoms with van der Waals surface area (Å²) < 4.78 is 0. The first-order valence-corrected chi connectivity index (χ1v) is 4.40. The van der Waals surface area contributed by atoms with Crippen LogP contribution in [0.5, 0.6) is 0 Å². The zero-order chi connectivity index (χ0) is 8.24. The van der Waals surface area contributed by atoms with Crippen molar-refractivity contribution >= 4 is 0 Å². The summed E-state index contributed by atoms with van der Waals surface area (Å²) in [6.07, 6.45) is 9.75. The van der Waals surface area contributed by atoms with Crippen LogP contribution in [-0.4, -0.2) is 0 Å². The van der Waals surface area contributed by atoms with Crippen molar-refractivity contribution in [2.75, 3.05) is 0 Å². The highest BCUT2D eigenvalue weighted by Crippen LogP contribution is 2.14. The molecule has 62 valence electrons. The van der Waals surface area contributed by atoms with Crippen LogP contribution in [0.15, 0.2) is 12.2 Å². The van der Waals surface area contributed by atoms with Crippen LogP contribution in [-0.2, 0) is 0 Å². The van der Waals surface area contributed by atoms with Crippen LogP contribution in [0.3, 0.4) is 0 Å². The molecule has 10 heavy (non-hydrogen) atoms. The molecule has 0 nitrogen and oxygen atoms in total. The highest BCUT2D eigenvalue weighted by Gasteiger charge is 1.95. The highest BCUT2D eigenvalue weighted by molar-refractivity contribution is 4.68. The van der Waals surface area contributed by atoms with Gasteiger partial charge < -0.3 is 0 Å². The minimum Gasteiger partial charge on any atom is -0.0919 e. The molecule has 0 amide bonds. The van der Waals surface area contributed by atoms with Gasteiger partial charge in [0.1, 0.15) is 0 Å². The average Bonchev–Trinajstić information content (AvgIpc) is 2.73. The predicted molar refractivity (Wildman–Crippen MR) is 50.3 cm³/mol. The van der Waals surface area contributed by atoms with E-state index < -0.39 is 0 Å². The fourth-order valence-electron chi connectivity index (χ4n) is 0. The van der Waals surface area contributed by atoms with Gasteiger partial charge >= 0.3 is 0 Å². The second kappa shape index (κ2) is 15.9. The van der Waals surface area contributed by atoms with Crippen LogP contribution in [0.25, 0.3) is 0 Å². The van der Waals surface area contributed by atoms with E-state index in [-0.39, 0.29) is 0 Å². The van der Waals surface area contributed by atoms with Gasteiger partial charge in [0.05, 0.1) is 0 Å². The number of allylic oxidation sites excluding steroid dienone is 2. The fraction of sp³-hybridized carbons (Fsp3) is 0.800. The van der Waals surface area contributed by atoms with Crippen molar-refractivity contribution in [1.82, 2.24) is 0 Å². The summed E-state index contributed by atoms with van der Waals surface area (Å²) in [5, 5.41) is 0. The maximum absolute atomic E-state index is 2.12. The molecule has 0 aromatic rings. The molecular weight excluding hydrogens is 120 g/mol. The van der Waals surface area contributed by atoms with Crippen LogP contribution in [0.4, 0.5) is 0 Å². The molecule has 0 spiro atoms. The van der Waals surface area contributed by atoms with Gasteiger partial charge in [-0.1, -0.05) is 51.7 Å². The zero-order valence-electron chi connectivity index (χ0n) is 7.98. The lowest BCUT2D eigenvalue weighted by Crippen LogP contribution is -1.27. The van der Waals surface area contributed by atoms with Crippen LogP contribution in [0, 0.1) is 0 Å². The number of hydrogen-bond acceptors (Lipinski definition) is 0. The van der Waals surface area contributed by atoms with E-state index in [1.165, 1.54) is 25.7 Å². The quantitative estimate of drug-likeness (QED) is 0.445. The Bertz CT molecular complexity index is 44.3. The highest BCUT2D eigenvalue weighted by atomic mass is 14.0. The van der Waals surface area contributed by atoms with E-state index in [0.29, 0.717) is 0 Å². The monoisotopic (exact) mass is 142 g/mol. The topological polar surface area (TPSA) is 0 Å². The minimum atomic E-state index is 1.25. The molecule has 0 aromatic heterocycles. The Kier molecular flexibility index (Phi) is 19.7. The van der Waals surface area contributed by atoms with Crippen molar-refractivity contribution in [3.05, 3.63) is 12.2 Å². The molecule has 1 aliphatic rings. The van der Waals surface area contributed by atoms with E-state index >= 15 is 0 Å². The second-order valence-corrected chi connectivity index (χ2v) is 2.43. The molecule has 0 aromatic carbocycles. The largest absolute Gasteiger partial charge is 0.0919 e. The van der Waals surface area contributed by atoms with Crippen molar-refractivity contribution < 1.29 is 0 Å². The summed E-state index contributed by atoms with van der Waals surface area (Å²) >= 11 is 0. The standard InChI is InChI=1S/C4H8.C3H6.C3H8/c1-3-4-2;1-2-3-1;1-3-2/h3-4H,1-2H3;1-3H2;3H2,1-2H3. The summed E-state index contributed by atoms with van der Waals surface area (Å²) in [6.45, 7) is 8.25. The lowest BCUT2D eigenvalue weighted by Gasteiger charge is -1.49. The summed E-state index contributed by atoms with van der Waals surface area (Å²) in [4.78, 5) is 0. The third kappa shape index (κ3) is 116. The van der Waals surface area contributed by atoms with Crippen LogP contribution < -0.4 is 0 Å². The summed E-state index contributed by atoms with van der Waals surface area (Å²) in [5.74, 6) is 0. The predicted octanol–water partition coefficient (Wildman–Crippen LogP) is 4.17. The smallest absolute Gasteiger partial charge is 0.0470 e. The minimum absolute atomic E-state index is 1.25. The van der Waals surface area contributed by atoms with Crippen molar-refractivity contribution in [3.8, 4) is 0 Å². The van der Waals surface area contributed by atoms with Crippen LogP contribution in [0.1, 0.15) is 53.4 Å². The lowest BCUT2D eigenvalue weighted by molar-refractivity contribution is 1.09. The van der Waals surface area contributed by atoms with E-state index in [2.05, 4.69) is 13.8 Å². The zero-order valence-corrected chi connectivity index (χ0v) is 7.98. The molecule has 0 bridgehead atoms. The maximum atomic E-state index is 2.12. The lowest BCUT2D eigenvalue weighted by atomic mass is 10.6. The van der Waals surface area contributed by atoms with E-state index in [1.807, 2.05) is 26.0 Å². The van der Waals surface area contributed by atoms with Gasteiger partial charge in [0.25, 0.3) is 0 Å². The SMILES string of the molecule is C1CC1.CC=CC.CCC. The van der Waals surface area contributed by atoms with E-state index in [0.717, 1.165) is 0 Å². The molecule has 1 saturated carbocycles. The van der Waals surface area contributed by atoms with Gasteiger partial charge in [0.2, 0.25) is 0 Å². The van der Waals surface area contributed by atoms with E-state index in [9.17, 15) is 0 Å². The van der Waals surface area contributed by atoms with E-state index in [4.69, 9.17) is 0 Å². The Hall–Kier alpha value is -0.260. The molecule has 0 saturated heterocycles. The molecule has 1 fully saturated rings. The Morgan fingerprint density at radius 2 is 1.10 bits per heavy atom. The molecule has 0 radical (unpaired) electrons. The van der Waals surface area contributed by atoms with Gasteiger partial charge in [-0.05, 0) is 13.8 Å². The Morgan fingerprint density at radius 3 is 1.10 bits per heavy atom. The maximum Gasteiger partial charge on any atom is -0.0470 e. The Morgan fingerprint density at radius 1 is 0.900 bits per heavy atom. The molecule has 1 rings (SSSR count). The molecule has 0 N–H and O–H groups in total. The van der Waals surface area contributed by atoms with Crippen molar-refractivity contribution in [2.45, 2.75) is 53.4 Å². The second-order valence-electron chi connectivity index (χ2n) is 2.43. The van der Waals surface area contributed by atoms with Gasteiger partial charge in [-0.15, -0.1) is 0 Å². The first kappa shape index (κ1) is 12.4. The molecule has 0 atom stereocenters. The molecule has 0 heteroatoms. The first-order valence-electron chi connectivity index (χ1n) is 4.40. The Balaban J connectivity index is 0.